The molecule has 0 aliphatic rings. The molecule has 0 saturated heterocycles. The number of nitrogens with zero attached hydrogens (tertiary/aromatic N) is 3. The largest absolute Gasteiger partial charge is 0.384 e. The number of hydrogen-bond donors (Lipinski definition) is 1. The molecule has 0 unspecified atom stereocenters. The summed E-state index contributed by atoms with van der Waals surface area (Å²) >= 11 is 5.73. The molecule has 0 spiro atoms. The van der Waals surface area contributed by atoms with Crippen LogP contribution < -0.4 is 5.32 Å². The molecule has 0 bridgehead atoms. The maximum atomic E-state index is 5.73. The van der Waals surface area contributed by atoms with Gasteiger partial charge in [-0.1, -0.05) is 16.8 Å². The first kappa shape index (κ1) is 9.92. The summed E-state index contributed by atoms with van der Waals surface area (Å²) < 4.78 is 4.86. The lowest BCUT2D eigenvalue weighted by Crippen LogP contribution is -2.04. The van der Waals surface area contributed by atoms with Crippen molar-refractivity contribution in [2.75, 3.05) is 11.9 Å². The highest BCUT2D eigenvalue weighted by molar-refractivity contribution is 6.29. The summed E-state index contributed by atoms with van der Waals surface area (Å²) in [4.78, 5) is 7.79. The number of hydrogen-bond acceptors (Lipinski definition) is 5. The van der Waals surface area contributed by atoms with Crippen LogP contribution >= 0.6 is 11.6 Å². The van der Waals surface area contributed by atoms with E-state index in [1.165, 1.54) is 6.33 Å². The third kappa shape index (κ3) is 2.92. The Morgan fingerprint density at radius 2 is 2.33 bits per heavy atom. The van der Waals surface area contributed by atoms with Crippen LogP contribution in [0.2, 0.25) is 5.15 Å². The van der Waals surface area contributed by atoms with E-state index in [1.54, 1.807) is 12.3 Å². The second-order valence-electron chi connectivity index (χ2n) is 2.88. The lowest BCUT2D eigenvalue weighted by molar-refractivity contribution is 0.380. The van der Waals surface area contributed by atoms with Crippen LogP contribution in [0.5, 0.6) is 0 Å². The molecule has 0 aliphatic carbocycles. The summed E-state index contributed by atoms with van der Waals surface area (Å²) in [5, 5.41) is 7.16. The second kappa shape index (κ2) is 4.75. The molecule has 0 amide bonds. The average molecular weight is 225 g/mol. The van der Waals surface area contributed by atoms with Crippen LogP contribution in [-0.4, -0.2) is 21.7 Å². The Balaban J connectivity index is 1.83. The number of nitrogens with one attached hydrogen (secondary N) is 1. The van der Waals surface area contributed by atoms with Crippen molar-refractivity contribution in [3.05, 3.63) is 35.7 Å². The highest BCUT2D eigenvalue weighted by atomic mass is 35.5. The minimum absolute atomic E-state index is 0.470. The molecule has 2 aromatic heterocycles. The van der Waals surface area contributed by atoms with E-state index in [2.05, 4.69) is 20.4 Å². The molecule has 2 heterocycles. The first-order chi connectivity index (χ1) is 7.34. The molecule has 0 saturated carbocycles. The SMILES string of the molecule is Clc1cc(NCCc2ncno2)ccn1. The van der Waals surface area contributed by atoms with Crippen molar-refractivity contribution >= 4 is 17.3 Å². The van der Waals surface area contributed by atoms with Gasteiger partial charge in [0.25, 0.3) is 0 Å². The van der Waals surface area contributed by atoms with Gasteiger partial charge in [-0.05, 0) is 12.1 Å². The van der Waals surface area contributed by atoms with Crippen LogP contribution in [0, 0.1) is 0 Å². The summed E-state index contributed by atoms with van der Waals surface area (Å²) in [5.41, 5.74) is 0.925. The molecule has 78 valence electrons. The number of rotatable bonds is 4. The van der Waals surface area contributed by atoms with Crippen LogP contribution in [0.4, 0.5) is 5.69 Å². The number of halogens is 1. The fourth-order valence-electron chi connectivity index (χ4n) is 1.13. The molecule has 0 aromatic carbocycles. The predicted octanol–water partition coefficient (Wildman–Crippen LogP) is 1.77. The van der Waals surface area contributed by atoms with Crippen LogP contribution in [0.15, 0.2) is 29.2 Å². The quantitative estimate of drug-likeness (QED) is 0.802. The molecule has 2 aromatic rings. The smallest absolute Gasteiger partial charge is 0.228 e. The topological polar surface area (TPSA) is 63.8 Å². The van der Waals surface area contributed by atoms with Crippen molar-refractivity contribution in [2.45, 2.75) is 6.42 Å². The average Bonchev–Trinajstić information content (AvgIpc) is 2.71. The third-order valence-corrected chi connectivity index (χ3v) is 2.01. The minimum atomic E-state index is 0.470. The van der Waals surface area contributed by atoms with Gasteiger partial charge < -0.3 is 9.84 Å². The van der Waals surface area contributed by atoms with Gasteiger partial charge in [-0.15, -0.1) is 0 Å². The van der Waals surface area contributed by atoms with E-state index < -0.39 is 0 Å². The standard InChI is InChI=1S/C9H9ClN4O/c10-8-5-7(1-3-12-8)11-4-2-9-13-6-14-15-9/h1,3,5-6H,2,4H2,(H,11,12). The molecular formula is C9H9ClN4O. The van der Waals surface area contributed by atoms with Crippen LogP contribution in [0.3, 0.4) is 0 Å². The van der Waals surface area contributed by atoms with Gasteiger partial charge in [0.2, 0.25) is 5.89 Å². The highest BCUT2D eigenvalue weighted by Gasteiger charge is 1.98. The maximum Gasteiger partial charge on any atom is 0.228 e. The Bertz CT molecular complexity index is 418. The van der Waals surface area contributed by atoms with Gasteiger partial charge in [-0.3, -0.25) is 0 Å². The summed E-state index contributed by atoms with van der Waals surface area (Å²) in [7, 11) is 0. The molecule has 0 atom stereocenters. The fraction of sp³-hybridized carbons (Fsp3) is 0.222. The van der Waals surface area contributed by atoms with E-state index in [0.717, 1.165) is 5.69 Å². The van der Waals surface area contributed by atoms with Gasteiger partial charge in [0.1, 0.15) is 5.15 Å². The van der Waals surface area contributed by atoms with Gasteiger partial charge in [0, 0.05) is 24.8 Å². The summed E-state index contributed by atoms with van der Waals surface area (Å²) in [6.07, 6.45) is 3.72. The van der Waals surface area contributed by atoms with E-state index in [1.807, 2.05) is 6.07 Å². The number of aromatic nitrogens is 3. The lowest BCUT2D eigenvalue weighted by Gasteiger charge is -2.03. The second-order valence-corrected chi connectivity index (χ2v) is 3.27. The summed E-state index contributed by atoms with van der Waals surface area (Å²) in [5.74, 6) is 0.614. The Morgan fingerprint density at radius 1 is 1.40 bits per heavy atom. The molecule has 0 radical (unpaired) electrons. The van der Waals surface area contributed by atoms with E-state index in [4.69, 9.17) is 16.1 Å². The molecule has 2 rings (SSSR count). The van der Waals surface area contributed by atoms with Crippen LogP contribution in [0.25, 0.3) is 0 Å². The van der Waals surface area contributed by atoms with Crippen LogP contribution in [0.1, 0.15) is 5.89 Å². The zero-order valence-electron chi connectivity index (χ0n) is 7.85. The van der Waals surface area contributed by atoms with E-state index in [9.17, 15) is 0 Å². The summed E-state index contributed by atoms with van der Waals surface area (Å²) in [6, 6.07) is 3.61. The first-order valence-electron chi connectivity index (χ1n) is 4.45. The Labute approximate surface area is 91.5 Å². The van der Waals surface area contributed by atoms with Gasteiger partial charge in [-0.25, -0.2) is 4.98 Å². The number of anilines is 1. The van der Waals surface area contributed by atoms with Gasteiger partial charge >= 0.3 is 0 Å². The van der Waals surface area contributed by atoms with Crippen molar-refractivity contribution in [1.82, 2.24) is 15.1 Å². The monoisotopic (exact) mass is 224 g/mol. The van der Waals surface area contributed by atoms with Gasteiger partial charge in [0.05, 0.1) is 0 Å². The van der Waals surface area contributed by atoms with E-state index in [0.29, 0.717) is 24.0 Å². The molecule has 6 heteroatoms. The van der Waals surface area contributed by atoms with Crippen molar-refractivity contribution in [3.8, 4) is 0 Å². The molecule has 1 N–H and O–H groups in total. The van der Waals surface area contributed by atoms with E-state index >= 15 is 0 Å². The highest BCUT2D eigenvalue weighted by Crippen LogP contribution is 2.11. The Morgan fingerprint density at radius 3 is 3.07 bits per heavy atom. The van der Waals surface area contributed by atoms with Crippen molar-refractivity contribution in [2.24, 2.45) is 0 Å². The van der Waals surface area contributed by atoms with Crippen molar-refractivity contribution < 1.29 is 4.52 Å². The Hall–Kier alpha value is -1.62. The minimum Gasteiger partial charge on any atom is -0.384 e. The van der Waals surface area contributed by atoms with Gasteiger partial charge in [-0.2, -0.15) is 4.98 Å². The molecular weight excluding hydrogens is 216 g/mol. The van der Waals surface area contributed by atoms with E-state index in [-0.39, 0.29) is 0 Å². The third-order valence-electron chi connectivity index (χ3n) is 1.80. The molecule has 0 aliphatic heterocycles. The fourth-order valence-corrected chi connectivity index (χ4v) is 1.31. The van der Waals surface area contributed by atoms with Crippen molar-refractivity contribution in [1.29, 1.82) is 0 Å². The molecule has 5 nitrogen and oxygen atoms in total. The zero-order chi connectivity index (χ0) is 10.5. The van der Waals surface area contributed by atoms with Crippen LogP contribution in [-0.2, 0) is 6.42 Å². The normalized spacial score (nSPS) is 10.2. The van der Waals surface area contributed by atoms with Gasteiger partial charge in [0.15, 0.2) is 6.33 Å². The predicted molar refractivity (Wildman–Crippen MR) is 55.7 cm³/mol. The lowest BCUT2D eigenvalue weighted by atomic mass is 10.3. The molecule has 15 heavy (non-hydrogen) atoms. The maximum absolute atomic E-state index is 5.73. The zero-order valence-corrected chi connectivity index (χ0v) is 8.61. The summed E-state index contributed by atoms with van der Waals surface area (Å²) in [6.45, 7) is 0.711. The molecule has 0 fully saturated rings. The first-order valence-corrected chi connectivity index (χ1v) is 4.83. The van der Waals surface area contributed by atoms with Crippen molar-refractivity contribution in [3.63, 3.8) is 0 Å². The Kier molecular flexibility index (Phi) is 3.14. The number of pyridine rings is 1.